The van der Waals surface area contributed by atoms with Crippen molar-refractivity contribution in [2.45, 2.75) is 43.5 Å². The summed E-state index contributed by atoms with van der Waals surface area (Å²) in [4.78, 5) is 11.5. The summed E-state index contributed by atoms with van der Waals surface area (Å²) in [6.07, 6.45) is -2.56. The van der Waals surface area contributed by atoms with E-state index in [1.54, 1.807) is 26.8 Å². The van der Waals surface area contributed by atoms with E-state index >= 15 is 0 Å². The maximum Gasteiger partial charge on any atom is 0.407 e. The minimum atomic E-state index is -3.55. The molecule has 0 bridgehead atoms. The molecule has 130 valence electrons. The monoisotopic (exact) mass is 345 g/mol. The van der Waals surface area contributed by atoms with Crippen molar-refractivity contribution in [2.24, 2.45) is 0 Å². The first-order valence-corrected chi connectivity index (χ1v) is 8.93. The van der Waals surface area contributed by atoms with Crippen LogP contribution in [-0.4, -0.2) is 49.2 Å². The molecule has 0 aliphatic rings. The number of hydrogen-bond acceptors (Lipinski definition) is 6. The van der Waals surface area contributed by atoms with Gasteiger partial charge in [0.2, 0.25) is 0 Å². The van der Waals surface area contributed by atoms with Crippen molar-refractivity contribution < 1.29 is 28.2 Å². The molecule has 1 aromatic rings. The van der Waals surface area contributed by atoms with E-state index in [-0.39, 0.29) is 17.0 Å². The topological polar surface area (TPSA) is 113 Å². The SMILES string of the molecule is CC(C)(C)OC(=O)NCC(O)C(O)c1ccccc1S(C)(=O)=O. The number of aliphatic hydroxyl groups excluding tert-OH is 2. The van der Waals surface area contributed by atoms with Crippen LogP contribution in [0.5, 0.6) is 0 Å². The molecule has 0 saturated carbocycles. The molecule has 0 heterocycles. The van der Waals surface area contributed by atoms with Gasteiger partial charge in [-0.2, -0.15) is 0 Å². The summed E-state index contributed by atoms with van der Waals surface area (Å²) in [7, 11) is -3.55. The first-order chi connectivity index (χ1) is 10.4. The number of carbonyl (C=O) groups is 1. The van der Waals surface area contributed by atoms with Crippen LogP contribution in [0.2, 0.25) is 0 Å². The van der Waals surface area contributed by atoms with Gasteiger partial charge < -0.3 is 20.3 Å². The third kappa shape index (κ3) is 6.17. The molecule has 2 unspecified atom stereocenters. The van der Waals surface area contributed by atoms with Crippen molar-refractivity contribution >= 4 is 15.9 Å². The number of sulfone groups is 1. The molecular formula is C15H23NO6S. The average Bonchev–Trinajstić information content (AvgIpc) is 2.41. The Kier molecular flexibility index (Phi) is 6.15. The maximum atomic E-state index is 11.7. The summed E-state index contributed by atoms with van der Waals surface area (Å²) < 4.78 is 28.5. The molecule has 1 rings (SSSR count). The standard InChI is InChI=1S/C15H23NO6S/c1-15(2,3)22-14(19)16-9-11(17)13(18)10-7-5-6-8-12(10)23(4,20)21/h5-8,11,13,17-18H,9H2,1-4H3,(H,16,19). The normalized spacial score (nSPS) is 14.9. The van der Waals surface area contributed by atoms with Crippen LogP contribution in [-0.2, 0) is 14.6 Å². The molecule has 1 aromatic carbocycles. The zero-order valence-corrected chi connectivity index (χ0v) is 14.4. The fourth-order valence-corrected chi connectivity index (χ4v) is 2.83. The zero-order chi connectivity index (χ0) is 17.8. The first-order valence-electron chi connectivity index (χ1n) is 7.04. The highest BCUT2D eigenvalue weighted by Crippen LogP contribution is 2.24. The predicted molar refractivity (Wildman–Crippen MR) is 84.8 cm³/mol. The summed E-state index contributed by atoms with van der Waals surface area (Å²) in [6, 6.07) is 5.85. The Bertz CT molecular complexity index is 650. The molecule has 0 aliphatic carbocycles. The molecule has 2 atom stereocenters. The lowest BCUT2D eigenvalue weighted by Gasteiger charge is -2.23. The van der Waals surface area contributed by atoms with Crippen LogP contribution < -0.4 is 5.32 Å². The van der Waals surface area contributed by atoms with Crippen molar-refractivity contribution in [1.29, 1.82) is 0 Å². The number of ether oxygens (including phenoxy) is 1. The van der Waals surface area contributed by atoms with E-state index in [0.29, 0.717) is 0 Å². The molecule has 0 spiro atoms. The van der Waals surface area contributed by atoms with E-state index < -0.39 is 33.7 Å². The van der Waals surface area contributed by atoms with Gasteiger partial charge in [0.1, 0.15) is 17.8 Å². The second-order valence-corrected chi connectivity index (χ2v) is 8.19. The molecule has 0 radical (unpaired) electrons. The largest absolute Gasteiger partial charge is 0.444 e. The van der Waals surface area contributed by atoms with Crippen LogP contribution in [0.4, 0.5) is 4.79 Å². The highest BCUT2D eigenvalue weighted by molar-refractivity contribution is 7.90. The molecule has 0 saturated heterocycles. The van der Waals surface area contributed by atoms with Gasteiger partial charge in [-0.15, -0.1) is 0 Å². The number of benzene rings is 1. The van der Waals surface area contributed by atoms with E-state index in [1.807, 2.05) is 0 Å². The first kappa shape index (κ1) is 19.4. The molecule has 1 amide bonds. The van der Waals surface area contributed by atoms with Crippen molar-refractivity contribution in [2.75, 3.05) is 12.8 Å². The Morgan fingerprint density at radius 1 is 1.26 bits per heavy atom. The number of carbonyl (C=O) groups excluding carboxylic acids is 1. The molecule has 0 aromatic heterocycles. The molecule has 0 fully saturated rings. The Morgan fingerprint density at radius 3 is 2.35 bits per heavy atom. The predicted octanol–water partition coefficient (Wildman–Crippen LogP) is 1.01. The van der Waals surface area contributed by atoms with Crippen LogP contribution in [0.1, 0.15) is 32.4 Å². The third-order valence-electron chi connectivity index (χ3n) is 2.86. The minimum absolute atomic E-state index is 0.0659. The highest BCUT2D eigenvalue weighted by atomic mass is 32.2. The van der Waals surface area contributed by atoms with Gasteiger partial charge in [-0.3, -0.25) is 0 Å². The molecule has 8 heteroatoms. The molecule has 7 nitrogen and oxygen atoms in total. The fourth-order valence-electron chi connectivity index (χ4n) is 1.88. The Balaban J connectivity index is 2.79. The van der Waals surface area contributed by atoms with Crippen LogP contribution >= 0.6 is 0 Å². The highest BCUT2D eigenvalue weighted by Gasteiger charge is 2.25. The minimum Gasteiger partial charge on any atom is -0.444 e. The van der Waals surface area contributed by atoms with Gasteiger partial charge in [0.15, 0.2) is 9.84 Å². The van der Waals surface area contributed by atoms with Gasteiger partial charge in [-0.1, -0.05) is 18.2 Å². The van der Waals surface area contributed by atoms with Gasteiger partial charge in [0.25, 0.3) is 0 Å². The number of alkyl carbamates (subject to hydrolysis) is 1. The summed E-state index contributed by atoms with van der Waals surface area (Å²) in [5.41, 5.74) is -0.607. The lowest BCUT2D eigenvalue weighted by Crippen LogP contribution is -2.39. The van der Waals surface area contributed by atoms with Crippen LogP contribution in [0.25, 0.3) is 0 Å². The Hall–Kier alpha value is -1.64. The van der Waals surface area contributed by atoms with Crippen molar-refractivity contribution in [1.82, 2.24) is 5.32 Å². The summed E-state index contributed by atoms with van der Waals surface area (Å²) in [5, 5.41) is 22.5. The van der Waals surface area contributed by atoms with Gasteiger partial charge in [0, 0.05) is 18.4 Å². The van der Waals surface area contributed by atoms with Crippen molar-refractivity contribution in [3.8, 4) is 0 Å². The van der Waals surface area contributed by atoms with E-state index in [4.69, 9.17) is 4.74 Å². The second-order valence-electron chi connectivity index (χ2n) is 6.20. The lowest BCUT2D eigenvalue weighted by atomic mass is 10.0. The molecular weight excluding hydrogens is 322 g/mol. The number of nitrogens with one attached hydrogen (secondary N) is 1. The second kappa shape index (κ2) is 7.29. The zero-order valence-electron chi connectivity index (χ0n) is 13.6. The summed E-state index contributed by atoms with van der Waals surface area (Å²) >= 11 is 0. The van der Waals surface area contributed by atoms with Gasteiger partial charge in [0.05, 0.1) is 4.90 Å². The number of amides is 1. The van der Waals surface area contributed by atoms with Crippen LogP contribution in [0, 0.1) is 0 Å². The van der Waals surface area contributed by atoms with Crippen LogP contribution in [0.15, 0.2) is 29.2 Å². The summed E-state index contributed by atoms with van der Waals surface area (Å²) in [6.45, 7) is 4.80. The van der Waals surface area contributed by atoms with Crippen LogP contribution in [0.3, 0.4) is 0 Å². The Morgan fingerprint density at radius 2 is 1.83 bits per heavy atom. The van der Waals surface area contributed by atoms with Gasteiger partial charge in [-0.05, 0) is 26.8 Å². The van der Waals surface area contributed by atoms with Crippen molar-refractivity contribution in [3.05, 3.63) is 29.8 Å². The van der Waals surface area contributed by atoms with E-state index in [0.717, 1.165) is 6.26 Å². The maximum absolute atomic E-state index is 11.7. The van der Waals surface area contributed by atoms with Crippen molar-refractivity contribution in [3.63, 3.8) is 0 Å². The van der Waals surface area contributed by atoms with E-state index in [2.05, 4.69) is 5.32 Å². The number of rotatable bonds is 5. The molecule has 3 N–H and O–H groups in total. The number of aliphatic hydroxyl groups is 2. The lowest BCUT2D eigenvalue weighted by molar-refractivity contribution is 0.0116. The van der Waals surface area contributed by atoms with E-state index in [9.17, 15) is 23.4 Å². The quantitative estimate of drug-likeness (QED) is 0.734. The summed E-state index contributed by atoms with van der Waals surface area (Å²) in [5.74, 6) is 0. The van der Waals surface area contributed by atoms with Gasteiger partial charge in [-0.25, -0.2) is 13.2 Å². The Labute approximate surface area is 136 Å². The van der Waals surface area contributed by atoms with E-state index in [1.165, 1.54) is 18.2 Å². The smallest absolute Gasteiger partial charge is 0.407 e. The number of hydrogen-bond donors (Lipinski definition) is 3. The molecule has 23 heavy (non-hydrogen) atoms. The molecule has 0 aliphatic heterocycles. The average molecular weight is 345 g/mol. The van der Waals surface area contributed by atoms with Gasteiger partial charge >= 0.3 is 6.09 Å². The fraction of sp³-hybridized carbons (Fsp3) is 0.533. The third-order valence-corrected chi connectivity index (χ3v) is 4.03.